The quantitative estimate of drug-likeness (QED) is 0.884. The van der Waals surface area contributed by atoms with Crippen molar-refractivity contribution in [2.24, 2.45) is 11.8 Å². The van der Waals surface area contributed by atoms with Gasteiger partial charge in [0.25, 0.3) is 0 Å². The van der Waals surface area contributed by atoms with Gasteiger partial charge >= 0.3 is 12.1 Å². The summed E-state index contributed by atoms with van der Waals surface area (Å²) in [6.07, 6.45) is -2.08. The second-order valence-electron chi connectivity index (χ2n) is 6.62. The molecule has 2 fully saturated rings. The number of alkyl halides is 3. The molecule has 0 spiro atoms. The van der Waals surface area contributed by atoms with Gasteiger partial charge in [0.1, 0.15) is 0 Å². The molecule has 0 radical (unpaired) electrons. The summed E-state index contributed by atoms with van der Waals surface area (Å²) in [6, 6.07) is 4.81. The van der Waals surface area contributed by atoms with Crippen molar-refractivity contribution in [2.45, 2.75) is 43.8 Å². The number of aliphatic carboxylic acids is 1. The smallest absolute Gasteiger partial charge is 0.416 e. The van der Waals surface area contributed by atoms with Crippen molar-refractivity contribution in [2.75, 3.05) is 0 Å². The maximum atomic E-state index is 12.6. The number of carboxylic acid groups (broad SMARTS) is 1. The zero-order chi connectivity index (χ0) is 17.5. The van der Waals surface area contributed by atoms with E-state index in [1.807, 2.05) is 0 Å². The Morgan fingerprint density at radius 1 is 1.08 bits per heavy atom. The van der Waals surface area contributed by atoms with Gasteiger partial charge in [-0.2, -0.15) is 13.2 Å². The van der Waals surface area contributed by atoms with Crippen LogP contribution < -0.4 is 5.32 Å². The Morgan fingerprint density at radius 3 is 2.29 bits per heavy atom. The first-order valence-electron chi connectivity index (χ1n) is 7.96. The zero-order valence-electron chi connectivity index (χ0n) is 12.8. The molecule has 2 unspecified atom stereocenters. The van der Waals surface area contributed by atoms with Crippen molar-refractivity contribution < 1.29 is 27.9 Å². The number of amides is 1. The lowest BCUT2D eigenvalue weighted by atomic mass is 10.1. The lowest BCUT2D eigenvalue weighted by Gasteiger charge is -2.12. The van der Waals surface area contributed by atoms with E-state index in [-0.39, 0.29) is 23.8 Å². The Hall–Kier alpha value is -2.05. The van der Waals surface area contributed by atoms with E-state index in [1.165, 1.54) is 12.1 Å². The SMILES string of the molecule is O=C(N[C@H]1CC[C@@H](C(=O)O)C1)C1CC1c1ccc(C(F)(F)F)cc1. The van der Waals surface area contributed by atoms with E-state index >= 15 is 0 Å². The van der Waals surface area contributed by atoms with Gasteiger partial charge in [-0.1, -0.05) is 12.1 Å². The van der Waals surface area contributed by atoms with E-state index in [0.29, 0.717) is 25.7 Å². The first-order chi connectivity index (χ1) is 11.3. The van der Waals surface area contributed by atoms with Gasteiger partial charge in [-0.3, -0.25) is 9.59 Å². The summed E-state index contributed by atoms with van der Waals surface area (Å²) < 4.78 is 37.7. The van der Waals surface area contributed by atoms with Gasteiger partial charge in [0.15, 0.2) is 0 Å². The molecule has 24 heavy (non-hydrogen) atoms. The summed E-state index contributed by atoms with van der Waals surface area (Å²) in [5, 5.41) is 11.8. The molecule has 0 heterocycles. The molecule has 4 nitrogen and oxygen atoms in total. The molecule has 0 bridgehead atoms. The number of nitrogens with one attached hydrogen (secondary N) is 1. The average molecular weight is 341 g/mol. The lowest BCUT2D eigenvalue weighted by molar-refractivity contribution is -0.141. The predicted octanol–water partition coefficient (Wildman–Crippen LogP) is 3.18. The van der Waals surface area contributed by atoms with Crippen LogP contribution in [0.5, 0.6) is 0 Å². The number of benzene rings is 1. The minimum absolute atomic E-state index is 0.0519. The number of hydrogen-bond donors (Lipinski definition) is 2. The third-order valence-corrected chi connectivity index (χ3v) is 4.92. The fourth-order valence-electron chi connectivity index (χ4n) is 3.42. The number of rotatable bonds is 4. The maximum absolute atomic E-state index is 12.6. The highest BCUT2D eigenvalue weighted by Gasteiger charge is 2.45. The highest BCUT2D eigenvalue weighted by atomic mass is 19.4. The molecule has 0 saturated heterocycles. The van der Waals surface area contributed by atoms with Gasteiger partial charge in [-0.15, -0.1) is 0 Å². The van der Waals surface area contributed by atoms with Gasteiger partial charge in [0, 0.05) is 12.0 Å². The van der Waals surface area contributed by atoms with Crippen LogP contribution in [-0.2, 0) is 15.8 Å². The Balaban J connectivity index is 1.53. The molecule has 4 atom stereocenters. The van der Waals surface area contributed by atoms with Crippen molar-refractivity contribution in [3.05, 3.63) is 35.4 Å². The number of carbonyl (C=O) groups is 2. The molecule has 1 aromatic rings. The largest absolute Gasteiger partial charge is 0.481 e. The molecular formula is C17H18F3NO3. The van der Waals surface area contributed by atoms with Crippen molar-refractivity contribution in [3.63, 3.8) is 0 Å². The molecule has 2 aliphatic rings. The molecule has 2 saturated carbocycles. The third kappa shape index (κ3) is 3.55. The lowest BCUT2D eigenvalue weighted by Crippen LogP contribution is -2.34. The summed E-state index contributed by atoms with van der Waals surface area (Å²) in [7, 11) is 0. The first kappa shape index (κ1) is 16.8. The summed E-state index contributed by atoms with van der Waals surface area (Å²) in [6.45, 7) is 0. The molecule has 0 aromatic heterocycles. The normalized spacial score (nSPS) is 29.3. The summed E-state index contributed by atoms with van der Waals surface area (Å²) in [5.41, 5.74) is 0.0385. The van der Waals surface area contributed by atoms with Crippen LogP contribution in [0.1, 0.15) is 42.7 Å². The highest BCUT2D eigenvalue weighted by Crippen LogP contribution is 2.48. The van der Waals surface area contributed by atoms with Crippen molar-refractivity contribution in [1.82, 2.24) is 5.32 Å². The number of carbonyl (C=O) groups excluding carboxylic acids is 1. The molecule has 2 N–H and O–H groups in total. The molecule has 1 aromatic carbocycles. The van der Waals surface area contributed by atoms with Crippen LogP contribution in [0.15, 0.2) is 24.3 Å². The van der Waals surface area contributed by atoms with E-state index in [1.54, 1.807) is 0 Å². The molecule has 1 amide bonds. The molecule has 3 rings (SSSR count). The second kappa shape index (κ2) is 6.11. The molecule has 130 valence electrons. The van der Waals surface area contributed by atoms with Crippen LogP contribution in [0.25, 0.3) is 0 Å². The van der Waals surface area contributed by atoms with Crippen LogP contribution in [0.3, 0.4) is 0 Å². The van der Waals surface area contributed by atoms with Crippen LogP contribution in [0.2, 0.25) is 0 Å². The van der Waals surface area contributed by atoms with Crippen molar-refractivity contribution in [1.29, 1.82) is 0 Å². The van der Waals surface area contributed by atoms with Crippen LogP contribution in [-0.4, -0.2) is 23.0 Å². The van der Waals surface area contributed by atoms with Crippen LogP contribution in [0, 0.1) is 11.8 Å². The van der Waals surface area contributed by atoms with Gasteiger partial charge in [-0.25, -0.2) is 0 Å². The minimum Gasteiger partial charge on any atom is -0.481 e. The number of halogens is 3. The second-order valence-corrected chi connectivity index (χ2v) is 6.62. The predicted molar refractivity (Wildman–Crippen MR) is 79.2 cm³/mol. The summed E-state index contributed by atoms with van der Waals surface area (Å²) >= 11 is 0. The van der Waals surface area contributed by atoms with Gasteiger partial charge in [0.2, 0.25) is 5.91 Å². The fraction of sp³-hybridized carbons (Fsp3) is 0.529. The summed E-state index contributed by atoms with van der Waals surface area (Å²) in [4.78, 5) is 23.1. The monoisotopic (exact) mass is 341 g/mol. The zero-order valence-corrected chi connectivity index (χ0v) is 12.8. The van der Waals surface area contributed by atoms with E-state index in [9.17, 15) is 22.8 Å². The molecule has 7 heteroatoms. The van der Waals surface area contributed by atoms with E-state index in [0.717, 1.165) is 17.7 Å². The van der Waals surface area contributed by atoms with E-state index < -0.39 is 23.6 Å². The highest BCUT2D eigenvalue weighted by molar-refractivity contribution is 5.83. The van der Waals surface area contributed by atoms with Crippen LogP contribution in [0.4, 0.5) is 13.2 Å². The number of carboxylic acids is 1. The minimum atomic E-state index is -4.36. The Labute approximate surface area is 137 Å². The standard InChI is InChI=1S/C17H18F3NO3/c18-17(19,20)11-4-1-9(2-5-11)13-8-14(13)15(22)21-12-6-3-10(7-12)16(23)24/h1-2,4-5,10,12-14H,3,6-8H2,(H,21,22)(H,23,24)/t10-,12+,13?,14?/m1/s1. The Kier molecular flexibility index (Phi) is 4.27. The fourth-order valence-corrected chi connectivity index (χ4v) is 3.42. The van der Waals surface area contributed by atoms with Gasteiger partial charge in [-0.05, 0) is 49.3 Å². The molecule has 0 aliphatic heterocycles. The Morgan fingerprint density at radius 2 is 1.75 bits per heavy atom. The van der Waals surface area contributed by atoms with Gasteiger partial charge in [0.05, 0.1) is 11.5 Å². The number of hydrogen-bond acceptors (Lipinski definition) is 2. The maximum Gasteiger partial charge on any atom is 0.416 e. The summed E-state index contributed by atoms with van der Waals surface area (Å²) in [5.74, 6) is -1.65. The average Bonchev–Trinajstić information content (AvgIpc) is 3.18. The topological polar surface area (TPSA) is 66.4 Å². The van der Waals surface area contributed by atoms with Gasteiger partial charge < -0.3 is 10.4 Å². The molecule has 2 aliphatic carbocycles. The van der Waals surface area contributed by atoms with Crippen LogP contribution >= 0.6 is 0 Å². The molecular weight excluding hydrogens is 323 g/mol. The third-order valence-electron chi connectivity index (χ3n) is 4.92. The Bertz CT molecular complexity index is 641. The first-order valence-corrected chi connectivity index (χ1v) is 7.96. The van der Waals surface area contributed by atoms with Crippen molar-refractivity contribution >= 4 is 11.9 Å². The van der Waals surface area contributed by atoms with E-state index in [4.69, 9.17) is 5.11 Å². The van der Waals surface area contributed by atoms with E-state index in [2.05, 4.69) is 5.32 Å². The van der Waals surface area contributed by atoms with Crippen molar-refractivity contribution in [3.8, 4) is 0 Å².